The van der Waals surface area contributed by atoms with Gasteiger partial charge in [-0.2, -0.15) is 0 Å². The summed E-state index contributed by atoms with van der Waals surface area (Å²) >= 11 is 11.5. The van der Waals surface area contributed by atoms with E-state index in [1.54, 1.807) is 18.2 Å². The van der Waals surface area contributed by atoms with E-state index >= 15 is 0 Å². The fourth-order valence-corrected chi connectivity index (χ4v) is 2.34. The number of rotatable bonds is 7. The molecule has 2 aromatic carbocycles. The highest BCUT2D eigenvalue weighted by molar-refractivity contribution is 6.31. The number of carbonyl (C=O) groups is 2. The zero-order valence-corrected chi connectivity index (χ0v) is 15.5. The minimum absolute atomic E-state index is 0.0614. The molecule has 142 valence electrons. The number of carbonyl (C=O) groups excluding carboxylic acids is 2. The first-order valence-electron chi connectivity index (χ1n) is 7.59. The Kier molecular flexibility index (Phi) is 6.98. The molecule has 2 rings (SSSR count). The van der Waals surface area contributed by atoms with Crippen molar-refractivity contribution in [3.63, 3.8) is 0 Å². The molecule has 8 nitrogen and oxygen atoms in total. The van der Waals surface area contributed by atoms with Gasteiger partial charge in [-0.15, -0.1) is 0 Å². The number of nitro benzene ring substituents is 1. The molecular formula is C17H14Cl2N2O6. The largest absolute Gasteiger partial charge is 0.479 e. The highest BCUT2D eigenvalue weighted by Crippen LogP contribution is 2.27. The second-order valence-electron chi connectivity index (χ2n) is 5.29. The van der Waals surface area contributed by atoms with Crippen molar-refractivity contribution in [2.45, 2.75) is 13.0 Å². The number of hydrogen-bond acceptors (Lipinski definition) is 6. The van der Waals surface area contributed by atoms with Gasteiger partial charge in [-0.3, -0.25) is 14.9 Å². The van der Waals surface area contributed by atoms with Crippen LogP contribution in [0.25, 0.3) is 0 Å². The molecule has 0 aliphatic heterocycles. The van der Waals surface area contributed by atoms with Crippen molar-refractivity contribution >= 4 is 46.5 Å². The zero-order chi connectivity index (χ0) is 20.0. The standard InChI is InChI=1S/C17H14Cl2N2O6/c1-10(27-13-4-2-3-11(18)7-13)17(23)26-9-16(22)20-14-6-5-12(19)8-15(14)21(24)25/h2-8,10H,9H2,1H3,(H,20,22). The molecule has 1 atom stereocenters. The maximum Gasteiger partial charge on any atom is 0.347 e. The number of benzene rings is 2. The molecule has 0 aliphatic carbocycles. The van der Waals surface area contributed by atoms with Crippen LogP contribution >= 0.6 is 23.2 Å². The summed E-state index contributed by atoms with van der Waals surface area (Å²) in [6.45, 7) is 0.813. The number of nitrogens with zero attached hydrogens (tertiary/aromatic N) is 1. The number of anilines is 1. The Morgan fingerprint density at radius 2 is 1.89 bits per heavy atom. The Bertz CT molecular complexity index is 874. The van der Waals surface area contributed by atoms with Crippen LogP contribution in [0.3, 0.4) is 0 Å². The van der Waals surface area contributed by atoms with Gasteiger partial charge >= 0.3 is 5.97 Å². The first-order valence-corrected chi connectivity index (χ1v) is 8.34. The lowest BCUT2D eigenvalue weighted by Crippen LogP contribution is -2.29. The highest BCUT2D eigenvalue weighted by atomic mass is 35.5. The predicted molar refractivity (Wildman–Crippen MR) is 99.2 cm³/mol. The van der Waals surface area contributed by atoms with Crippen molar-refractivity contribution in [2.75, 3.05) is 11.9 Å². The van der Waals surface area contributed by atoms with E-state index in [1.807, 2.05) is 0 Å². The summed E-state index contributed by atoms with van der Waals surface area (Å²) in [7, 11) is 0. The first-order chi connectivity index (χ1) is 12.8. The number of nitro groups is 1. The van der Waals surface area contributed by atoms with E-state index in [1.165, 1.54) is 25.1 Å². The van der Waals surface area contributed by atoms with E-state index in [2.05, 4.69) is 5.32 Å². The van der Waals surface area contributed by atoms with Gasteiger partial charge in [0.1, 0.15) is 11.4 Å². The number of nitrogens with one attached hydrogen (secondary N) is 1. The molecule has 0 fully saturated rings. The Labute approximate surface area is 164 Å². The first kappa shape index (κ1) is 20.5. The van der Waals surface area contributed by atoms with Crippen LogP contribution in [0.1, 0.15) is 6.92 Å². The Hall–Kier alpha value is -2.84. The molecule has 0 saturated carbocycles. The second kappa shape index (κ2) is 9.20. The van der Waals surface area contributed by atoms with E-state index in [-0.39, 0.29) is 16.4 Å². The lowest BCUT2D eigenvalue weighted by atomic mass is 10.2. The maximum absolute atomic E-state index is 11.9. The van der Waals surface area contributed by atoms with Crippen LogP contribution in [-0.4, -0.2) is 29.5 Å². The normalized spacial score (nSPS) is 11.4. The smallest absolute Gasteiger partial charge is 0.347 e. The number of esters is 1. The Balaban J connectivity index is 1.89. The van der Waals surface area contributed by atoms with Gasteiger partial charge in [-0.25, -0.2) is 4.79 Å². The molecule has 0 aromatic heterocycles. The summed E-state index contributed by atoms with van der Waals surface area (Å²) in [6.07, 6.45) is -0.985. The topological polar surface area (TPSA) is 108 Å². The molecule has 0 aliphatic rings. The van der Waals surface area contributed by atoms with Gasteiger partial charge < -0.3 is 14.8 Å². The van der Waals surface area contributed by atoms with Crippen LogP contribution in [0.15, 0.2) is 42.5 Å². The van der Waals surface area contributed by atoms with Gasteiger partial charge in [0.15, 0.2) is 12.7 Å². The van der Waals surface area contributed by atoms with Gasteiger partial charge in [0.25, 0.3) is 11.6 Å². The molecule has 2 aromatic rings. The lowest BCUT2D eigenvalue weighted by Gasteiger charge is -2.14. The van der Waals surface area contributed by atoms with Crippen LogP contribution in [0.2, 0.25) is 10.0 Å². The van der Waals surface area contributed by atoms with Crippen molar-refractivity contribution in [1.29, 1.82) is 0 Å². The molecule has 27 heavy (non-hydrogen) atoms. The molecule has 10 heteroatoms. The fraction of sp³-hybridized carbons (Fsp3) is 0.176. The molecule has 1 amide bonds. The fourth-order valence-electron chi connectivity index (χ4n) is 1.99. The van der Waals surface area contributed by atoms with Crippen molar-refractivity contribution in [3.8, 4) is 5.75 Å². The van der Waals surface area contributed by atoms with Gasteiger partial charge in [0.2, 0.25) is 0 Å². The van der Waals surface area contributed by atoms with Crippen molar-refractivity contribution in [1.82, 2.24) is 0 Å². The second-order valence-corrected chi connectivity index (χ2v) is 6.16. The number of halogens is 2. The van der Waals surface area contributed by atoms with Crippen LogP contribution < -0.4 is 10.1 Å². The summed E-state index contributed by atoms with van der Waals surface area (Å²) in [5.74, 6) is -1.16. The van der Waals surface area contributed by atoms with E-state index in [4.69, 9.17) is 32.7 Å². The van der Waals surface area contributed by atoms with E-state index in [9.17, 15) is 19.7 Å². The lowest BCUT2D eigenvalue weighted by molar-refractivity contribution is -0.383. The van der Waals surface area contributed by atoms with Gasteiger partial charge in [0, 0.05) is 16.1 Å². The molecule has 1 unspecified atom stereocenters. The summed E-state index contributed by atoms with van der Waals surface area (Å²) in [5.41, 5.74) is -0.437. The summed E-state index contributed by atoms with van der Waals surface area (Å²) in [5, 5.41) is 13.9. The van der Waals surface area contributed by atoms with Gasteiger partial charge in [-0.1, -0.05) is 29.3 Å². The van der Waals surface area contributed by atoms with Crippen molar-refractivity contribution in [3.05, 3.63) is 62.6 Å². The van der Waals surface area contributed by atoms with Crippen molar-refractivity contribution < 1.29 is 24.0 Å². The van der Waals surface area contributed by atoms with E-state index in [0.717, 1.165) is 6.07 Å². The zero-order valence-electron chi connectivity index (χ0n) is 14.0. The molecular weight excluding hydrogens is 399 g/mol. The van der Waals surface area contributed by atoms with Crippen LogP contribution in [0.5, 0.6) is 5.75 Å². The third kappa shape index (κ3) is 6.12. The minimum Gasteiger partial charge on any atom is -0.479 e. The molecule has 0 heterocycles. The van der Waals surface area contributed by atoms with Crippen molar-refractivity contribution in [2.24, 2.45) is 0 Å². The highest BCUT2D eigenvalue weighted by Gasteiger charge is 2.20. The van der Waals surface area contributed by atoms with E-state index in [0.29, 0.717) is 10.8 Å². The SMILES string of the molecule is CC(Oc1cccc(Cl)c1)C(=O)OCC(=O)Nc1ccc(Cl)cc1[N+](=O)[O-]. The number of ether oxygens (including phenoxy) is 2. The maximum atomic E-state index is 11.9. The average molecular weight is 413 g/mol. The van der Waals surface area contributed by atoms with Crippen LogP contribution in [0.4, 0.5) is 11.4 Å². The summed E-state index contributed by atoms with van der Waals surface area (Å²) in [6, 6.07) is 10.2. The third-order valence-corrected chi connectivity index (χ3v) is 3.69. The predicted octanol–water partition coefficient (Wildman–Crippen LogP) is 3.85. The Morgan fingerprint density at radius 1 is 1.19 bits per heavy atom. The van der Waals surface area contributed by atoms with Crippen LogP contribution in [-0.2, 0) is 14.3 Å². The van der Waals surface area contributed by atoms with Gasteiger partial charge in [0.05, 0.1) is 4.92 Å². The quantitative estimate of drug-likeness (QED) is 0.420. The Morgan fingerprint density at radius 3 is 2.56 bits per heavy atom. The minimum atomic E-state index is -0.985. The molecule has 0 radical (unpaired) electrons. The van der Waals surface area contributed by atoms with Crippen LogP contribution in [0, 0.1) is 10.1 Å². The average Bonchev–Trinajstić information content (AvgIpc) is 2.61. The molecule has 0 saturated heterocycles. The monoisotopic (exact) mass is 412 g/mol. The summed E-state index contributed by atoms with van der Waals surface area (Å²) < 4.78 is 10.2. The van der Waals surface area contributed by atoms with E-state index < -0.39 is 29.5 Å². The molecule has 1 N–H and O–H groups in total. The van der Waals surface area contributed by atoms with Gasteiger partial charge in [-0.05, 0) is 37.3 Å². The number of hydrogen-bond donors (Lipinski definition) is 1. The number of amides is 1. The molecule has 0 bridgehead atoms. The third-order valence-electron chi connectivity index (χ3n) is 3.22. The molecule has 0 spiro atoms. The summed E-state index contributed by atoms with van der Waals surface area (Å²) in [4.78, 5) is 34.1.